The van der Waals surface area contributed by atoms with Crippen LogP contribution in [0.2, 0.25) is 0 Å². The maximum absolute atomic E-state index is 5.94. The molecule has 0 atom stereocenters. The minimum Gasteiger partial charge on any atom is -0.454 e. The number of hydrogen-bond acceptors (Lipinski definition) is 4. The lowest BCUT2D eigenvalue weighted by Gasteiger charge is -1.96. The first-order valence-electron chi connectivity index (χ1n) is 6.52. The van der Waals surface area contributed by atoms with Crippen molar-refractivity contribution in [2.24, 2.45) is 0 Å². The molecule has 3 aromatic rings. The van der Waals surface area contributed by atoms with Crippen LogP contribution in [-0.4, -0.2) is 11.0 Å². The summed E-state index contributed by atoms with van der Waals surface area (Å²) in [4.78, 5) is 4.63. The number of fused-ring (bicyclic) bond motifs is 1. The Morgan fingerprint density at radius 1 is 1.32 bits per heavy atom. The predicted molar refractivity (Wildman–Crippen MR) is 78.7 cm³/mol. The van der Waals surface area contributed by atoms with E-state index in [1.54, 1.807) is 11.3 Å². The predicted octanol–water partition coefficient (Wildman–Crippen LogP) is 4.44. The highest BCUT2D eigenvalue weighted by molar-refractivity contribution is 7.14. The Morgan fingerprint density at radius 2 is 2.16 bits per heavy atom. The number of furan rings is 1. The number of benzene rings is 1. The summed E-state index contributed by atoms with van der Waals surface area (Å²) in [6.45, 7) is 2.09. The van der Waals surface area contributed by atoms with Crippen molar-refractivity contribution < 1.29 is 4.42 Å². The molecule has 0 bridgehead atoms. The highest BCUT2D eigenvalue weighted by Gasteiger charge is 2.22. The lowest BCUT2D eigenvalue weighted by atomic mass is 10.1. The second kappa shape index (κ2) is 4.10. The van der Waals surface area contributed by atoms with Gasteiger partial charge in [0.05, 0.1) is 0 Å². The van der Waals surface area contributed by atoms with Crippen LogP contribution < -0.4 is 5.32 Å². The van der Waals surface area contributed by atoms with Crippen molar-refractivity contribution in [2.45, 2.75) is 25.8 Å². The van der Waals surface area contributed by atoms with Crippen molar-refractivity contribution >= 4 is 27.4 Å². The molecule has 1 aliphatic carbocycles. The summed E-state index contributed by atoms with van der Waals surface area (Å²) >= 11 is 1.65. The third-order valence-corrected chi connectivity index (χ3v) is 4.26. The summed E-state index contributed by atoms with van der Waals surface area (Å²) in [5, 5.41) is 7.66. The van der Waals surface area contributed by atoms with E-state index in [-0.39, 0.29) is 0 Å². The van der Waals surface area contributed by atoms with E-state index < -0.39 is 0 Å². The fourth-order valence-corrected chi connectivity index (χ4v) is 3.03. The summed E-state index contributed by atoms with van der Waals surface area (Å²) in [6, 6.07) is 8.76. The number of aryl methyl sites for hydroxylation is 1. The van der Waals surface area contributed by atoms with Gasteiger partial charge in [-0.15, -0.1) is 11.3 Å². The van der Waals surface area contributed by atoms with E-state index in [0.29, 0.717) is 6.04 Å². The largest absolute Gasteiger partial charge is 0.454 e. The number of nitrogens with zero attached hydrogens (tertiary/aromatic N) is 1. The van der Waals surface area contributed by atoms with E-state index in [4.69, 9.17) is 4.42 Å². The molecule has 2 aromatic heterocycles. The number of aromatic nitrogens is 1. The van der Waals surface area contributed by atoms with Crippen molar-refractivity contribution in [2.75, 3.05) is 5.32 Å². The van der Waals surface area contributed by atoms with Crippen LogP contribution >= 0.6 is 11.3 Å². The molecule has 0 radical (unpaired) electrons. The number of anilines is 1. The molecule has 1 saturated carbocycles. The van der Waals surface area contributed by atoms with Crippen LogP contribution in [0.4, 0.5) is 5.13 Å². The molecule has 1 fully saturated rings. The van der Waals surface area contributed by atoms with E-state index in [9.17, 15) is 0 Å². The smallest absolute Gasteiger partial charge is 0.183 e. The molecule has 1 aliphatic rings. The number of para-hydroxylation sites is 1. The topological polar surface area (TPSA) is 38.1 Å². The molecule has 0 saturated heterocycles. The fraction of sp³-hybridized carbons (Fsp3) is 0.267. The van der Waals surface area contributed by atoms with Gasteiger partial charge < -0.3 is 9.73 Å². The summed E-state index contributed by atoms with van der Waals surface area (Å²) in [6.07, 6.45) is 2.52. The minimum atomic E-state index is 0.635. The van der Waals surface area contributed by atoms with Gasteiger partial charge in [0.1, 0.15) is 11.3 Å². The van der Waals surface area contributed by atoms with Gasteiger partial charge in [-0.25, -0.2) is 4.98 Å². The second-order valence-electron chi connectivity index (χ2n) is 5.01. The van der Waals surface area contributed by atoms with Gasteiger partial charge in [-0.2, -0.15) is 0 Å². The van der Waals surface area contributed by atoms with Crippen LogP contribution in [0, 0.1) is 6.92 Å². The summed E-state index contributed by atoms with van der Waals surface area (Å²) in [7, 11) is 0. The van der Waals surface area contributed by atoms with Gasteiger partial charge >= 0.3 is 0 Å². The molecule has 96 valence electrons. The first kappa shape index (κ1) is 11.1. The van der Waals surface area contributed by atoms with Crippen molar-refractivity contribution in [3.8, 4) is 11.5 Å². The molecule has 19 heavy (non-hydrogen) atoms. The van der Waals surface area contributed by atoms with Crippen molar-refractivity contribution in [3.05, 3.63) is 35.2 Å². The van der Waals surface area contributed by atoms with Crippen LogP contribution in [0.25, 0.3) is 22.4 Å². The summed E-state index contributed by atoms with van der Waals surface area (Å²) in [5.41, 5.74) is 3.03. The zero-order chi connectivity index (χ0) is 12.8. The zero-order valence-corrected chi connectivity index (χ0v) is 11.5. The van der Waals surface area contributed by atoms with Crippen LogP contribution in [0.5, 0.6) is 0 Å². The van der Waals surface area contributed by atoms with E-state index in [2.05, 4.69) is 28.7 Å². The Labute approximate surface area is 115 Å². The first-order chi connectivity index (χ1) is 9.31. The quantitative estimate of drug-likeness (QED) is 0.764. The Kier molecular flexibility index (Phi) is 2.38. The maximum atomic E-state index is 5.94. The third kappa shape index (κ3) is 1.92. The number of hydrogen-bond donors (Lipinski definition) is 1. The Balaban J connectivity index is 1.76. The minimum absolute atomic E-state index is 0.635. The van der Waals surface area contributed by atoms with Crippen molar-refractivity contribution in [3.63, 3.8) is 0 Å². The monoisotopic (exact) mass is 270 g/mol. The van der Waals surface area contributed by atoms with Crippen LogP contribution in [0.3, 0.4) is 0 Å². The highest BCUT2D eigenvalue weighted by Crippen LogP contribution is 2.35. The van der Waals surface area contributed by atoms with E-state index in [0.717, 1.165) is 22.2 Å². The molecular formula is C15H14N2OS. The van der Waals surface area contributed by atoms with E-state index in [1.165, 1.54) is 23.8 Å². The average molecular weight is 270 g/mol. The molecule has 1 N–H and O–H groups in total. The van der Waals surface area contributed by atoms with Crippen LogP contribution in [0.15, 0.2) is 34.1 Å². The van der Waals surface area contributed by atoms with Gasteiger partial charge in [-0.3, -0.25) is 0 Å². The lowest BCUT2D eigenvalue weighted by molar-refractivity contribution is 0.627. The SMILES string of the molecule is Cc1c(-c2csc(NC3CC3)n2)oc2ccccc12. The average Bonchev–Trinajstić information content (AvgIpc) is 3.01. The molecule has 4 heteroatoms. The molecule has 0 unspecified atom stereocenters. The summed E-state index contributed by atoms with van der Waals surface area (Å²) < 4.78 is 5.94. The van der Waals surface area contributed by atoms with Gasteiger partial charge in [0.15, 0.2) is 10.9 Å². The van der Waals surface area contributed by atoms with E-state index >= 15 is 0 Å². The Morgan fingerprint density at radius 3 is 2.95 bits per heavy atom. The molecule has 1 aromatic carbocycles. The van der Waals surface area contributed by atoms with E-state index in [1.807, 2.05) is 18.2 Å². The zero-order valence-electron chi connectivity index (χ0n) is 10.6. The molecular weight excluding hydrogens is 256 g/mol. The van der Waals surface area contributed by atoms with Gasteiger partial charge in [0.2, 0.25) is 0 Å². The van der Waals surface area contributed by atoms with Crippen LogP contribution in [0.1, 0.15) is 18.4 Å². The van der Waals surface area contributed by atoms with Crippen LogP contribution in [-0.2, 0) is 0 Å². The first-order valence-corrected chi connectivity index (χ1v) is 7.40. The normalized spacial score (nSPS) is 15.0. The third-order valence-electron chi connectivity index (χ3n) is 3.49. The van der Waals surface area contributed by atoms with Crippen molar-refractivity contribution in [1.29, 1.82) is 0 Å². The molecule has 0 spiro atoms. The maximum Gasteiger partial charge on any atom is 0.183 e. The van der Waals surface area contributed by atoms with Gasteiger partial charge in [0, 0.05) is 22.4 Å². The number of thiazole rings is 1. The number of nitrogens with one attached hydrogen (secondary N) is 1. The Bertz CT molecular complexity index is 740. The molecule has 0 aliphatic heterocycles. The fourth-order valence-electron chi connectivity index (χ4n) is 2.27. The lowest BCUT2D eigenvalue weighted by Crippen LogP contribution is -1.99. The standard InChI is InChI=1S/C15H14N2OS/c1-9-11-4-2-3-5-13(11)18-14(9)12-8-19-15(17-12)16-10-6-7-10/h2-5,8,10H,6-7H2,1H3,(H,16,17). The Hall–Kier alpha value is -1.81. The molecule has 0 amide bonds. The summed E-state index contributed by atoms with van der Waals surface area (Å²) in [5.74, 6) is 0.890. The van der Waals surface area contributed by atoms with Gasteiger partial charge in [-0.1, -0.05) is 18.2 Å². The van der Waals surface area contributed by atoms with Gasteiger partial charge in [-0.05, 0) is 25.8 Å². The second-order valence-corrected chi connectivity index (χ2v) is 5.87. The molecule has 4 rings (SSSR count). The molecule has 3 nitrogen and oxygen atoms in total. The van der Waals surface area contributed by atoms with Gasteiger partial charge in [0.25, 0.3) is 0 Å². The molecule has 2 heterocycles. The highest BCUT2D eigenvalue weighted by atomic mass is 32.1. The van der Waals surface area contributed by atoms with Crippen molar-refractivity contribution in [1.82, 2.24) is 4.98 Å². The number of rotatable bonds is 3.